The highest BCUT2D eigenvalue weighted by Gasteiger charge is 2.49. The van der Waals surface area contributed by atoms with Crippen molar-refractivity contribution in [1.29, 1.82) is 0 Å². The Bertz CT molecular complexity index is 604. The van der Waals surface area contributed by atoms with Gasteiger partial charge in [-0.15, -0.1) is 0 Å². The van der Waals surface area contributed by atoms with Gasteiger partial charge in [-0.2, -0.15) is 0 Å². The molecule has 1 fully saturated rings. The van der Waals surface area contributed by atoms with Crippen LogP contribution in [0.1, 0.15) is 55.0 Å². The first-order chi connectivity index (χ1) is 10.1. The molecule has 110 valence electrons. The minimum absolute atomic E-state index is 0.0690. The van der Waals surface area contributed by atoms with E-state index in [1.165, 1.54) is 17.5 Å². The van der Waals surface area contributed by atoms with Crippen molar-refractivity contribution in [1.82, 2.24) is 4.98 Å². The number of aromatic nitrogens is 1. The number of pyridine rings is 1. The summed E-state index contributed by atoms with van der Waals surface area (Å²) in [6.07, 6.45) is 4.62. The maximum Gasteiger partial charge on any atom is 0.102 e. The van der Waals surface area contributed by atoms with Crippen LogP contribution >= 0.6 is 0 Å². The predicted octanol–water partition coefficient (Wildman–Crippen LogP) is 4.40. The summed E-state index contributed by atoms with van der Waals surface area (Å²) in [7, 11) is 0. The molecule has 1 aliphatic carbocycles. The molecule has 0 spiro atoms. The van der Waals surface area contributed by atoms with Crippen LogP contribution in [0.2, 0.25) is 0 Å². The fraction of sp³-hybridized carbons (Fsp3) is 0.421. The van der Waals surface area contributed by atoms with Crippen molar-refractivity contribution in [3.05, 3.63) is 65.5 Å². The summed E-state index contributed by atoms with van der Waals surface area (Å²) in [5.74, 6) is 0.337. The molecule has 1 aromatic heterocycles. The van der Waals surface area contributed by atoms with Crippen molar-refractivity contribution in [2.24, 2.45) is 5.41 Å². The monoisotopic (exact) mass is 281 g/mol. The smallest absolute Gasteiger partial charge is 0.102 e. The third-order valence-electron chi connectivity index (χ3n) is 5.31. The number of rotatable bonds is 4. The molecule has 0 bridgehead atoms. The largest absolute Gasteiger partial charge is 0.386 e. The van der Waals surface area contributed by atoms with Crippen LogP contribution in [-0.4, -0.2) is 10.1 Å². The maximum absolute atomic E-state index is 11.0. The van der Waals surface area contributed by atoms with Gasteiger partial charge in [-0.05, 0) is 48.9 Å². The van der Waals surface area contributed by atoms with E-state index in [-0.39, 0.29) is 5.41 Å². The van der Waals surface area contributed by atoms with Crippen LogP contribution in [0.15, 0.2) is 48.7 Å². The minimum atomic E-state index is -0.484. The number of aliphatic hydroxyl groups is 1. The molecule has 1 saturated carbocycles. The number of aryl methyl sites for hydroxylation is 1. The molecule has 0 amide bonds. The molecule has 0 saturated heterocycles. The van der Waals surface area contributed by atoms with E-state index in [1.807, 2.05) is 18.2 Å². The highest BCUT2D eigenvalue weighted by atomic mass is 16.3. The third-order valence-corrected chi connectivity index (χ3v) is 5.31. The lowest BCUT2D eigenvalue weighted by Gasteiger charge is -2.50. The number of nitrogens with zero attached hydrogens (tertiary/aromatic N) is 1. The quantitative estimate of drug-likeness (QED) is 0.901. The van der Waals surface area contributed by atoms with Crippen LogP contribution in [0.25, 0.3) is 0 Å². The van der Waals surface area contributed by atoms with Crippen molar-refractivity contribution < 1.29 is 5.11 Å². The van der Waals surface area contributed by atoms with Crippen LogP contribution in [0.5, 0.6) is 0 Å². The van der Waals surface area contributed by atoms with Crippen molar-refractivity contribution in [2.75, 3.05) is 0 Å². The Hall–Kier alpha value is -1.67. The molecular weight excluding hydrogens is 258 g/mol. The van der Waals surface area contributed by atoms with Gasteiger partial charge in [-0.1, -0.05) is 43.7 Å². The van der Waals surface area contributed by atoms with Gasteiger partial charge in [0.25, 0.3) is 0 Å². The zero-order chi connectivity index (χ0) is 14.9. The van der Waals surface area contributed by atoms with Gasteiger partial charge in [0.15, 0.2) is 0 Å². The first-order valence-electron chi connectivity index (χ1n) is 7.80. The van der Waals surface area contributed by atoms with Gasteiger partial charge < -0.3 is 5.11 Å². The number of hydrogen-bond acceptors (Lipinski definition) is 2. The fourth-order valence-electron chi connectivity index (χ4n) is 3.74. The van der Waals surface area contributed by atoms with E-state index in [1.54, 1.807) is 6.20 Å². The summed E-state index contributed by atoms with van der Waals surface area (Å²) < 4.78 is 0. The van der Waals surface area contributed by atoms with E-state index in [0.717, 1.165) is 18.5 Å². The Labute approximate surface area is 126 Å². The Morgan fingerprint density at radius 3 is 2.38 bits per heavy atom. The van der Waals surface area contributed by atoms with Gasteiger partial charge in [0.05, 0.1) is 5.69 Å². The summed E-state index contributed by atoms with van der Waals surface area (Å²) in [6.45, 7) is 4.42. The SMILES string of the molecule is Cc1ccccc1C(C)C1(C(O)c2ccccn2)CCC1. The van der Waals surface area contributed by atoms with E-state index in [4.69, 9.17) is 0 Å². The number of hydrogen-bond donors (Lipinski definition) is 1. The molecule has 21 heavy (non-hydrogen) atoms. The predicted molar refractivity (Wildman–Crippen MR) is 85.1 cm³/mol. The third kappa shape index (κ3) is 2.38. The second-order valence-corrected chi connectivity index (χ2v) is 6.32. The average molecular weight is 281 g/mol. The fourth-order valence-corrected chi connectivity index (χ4v) is 3.74. The Morgan fingerprint density at radius 1 is 1.10 bits per heavy atom. The highest BCUT2D eigenvalue weighted by molar-refractivity contribution is 5.32. The van der Waals surface area contributed by atoms with E-state index in [2.05, 4.69) is 43.1 Å². The average Bonchev–Trinajstić information content (AvgIpc) is 2.47. The molecule has 1 N–H and O–H groups in total. The lowest BCUT2D eigenvalue weighted by atomic mass is 9.56. The molecular formula is C19H23NO. The van der Waals surface area contributed by atoms with E-state index < -0.39 is 6.10 Å². The minimum Gasteiger partial charge on any atom is -0.386 e. The number of benzene rings is 1. The summed E-state index contributed by atoms with van der Waals surface area (Å²) in [5, 5.41) is 11.0. The Balaban J connectivity index is 1.95. The van der Waals surface area contributed by atoms with Crippen LogP contribution < -0.4 is 0 Å². The zero-order valence-corrected chi connectivity index (χ0v) is 12.8. The lowest BCUT2D eigenvalue weighted by molar-refractivity contribution is -0.0570. The Kier molecular flexibility index (Phi) is 3.81. The van der Waals surface area contributed by atoms with E-state index >= 15 is 0 Å². The highest BCUT2D eigenvalue weighted by Crippen LogP contribution is 2.58. The maximum atomic E-state index is 11.0. The molecule has 2 aromatic rings. The van der Waals surface area contributed by atoms with Gasteiger partial charge in [0, 0.05) is 11.6 Å². The molecule has 2 heteroatoms. The van der Waals surface area contributed by atoms with Crippen LogP contribution in [-0.2, 0) is 0 Å². The molecule has 0 radical (unpaired) electrons. The van der Waals surface area contributed by atoms with E-state index in [9.17, 15) is 5.11 Å². The van der Waals surface area contributed by atoms with Gasteiger partial charge in [-0.3, -0.25) is 4.98 Å². The van der Waals surface area contributed by atoms with Crippen molar-refractivity contribution in [3.63, 3.8) is 0 Å². The Morgan fingerprint density at radius 2 is 1.81 bits per heavy atom. The van der Waals surface area contributed by atoms with Crippen LogP contribution in [0.3, 0.4) is 0 Å². The molecule has 1 aromatic carbocycles. The van der Waals surface area contributed by atoms with Gasteiger partial charge >= 0.3 is 0 Å². The molecule has 2 unspecified atom stereocenters. The zero-order valence-electron chi connectivity index (χ0n) is 12.8. The molecule has 1 heterocycles. The number of aliphatic hydroxyl groups excluding tert-OH is 1. The van der Waals surface area contributed by atoms with Gasteiger partial charge in [0.1, 0.15) is 6.10 Å². The molecule has 1 aliphatic rings. The molecule has 3 rings (SSSR count). The molecule has 2 nitrogen and oxygen atoms in total. The molecule has 2 atom stereocenters. The lowest BCUT2D eigenvalue weighted by Crippen LogP contribution is -2.41. The van der Waals surface area contributed by atoms with Gasteiger partial charge in [0.2, 0.25) is 0 Å². The van der Waals surface area contributed by atoms with Gasteiger partial charge in [-0.25, -0.2) is 0 Å². The topological polar surface area (TPSA) is 33.1 Å². The van der Waals surface area contributed by atoms with Crippen molar-refractivity contribution in [2.45, 2.75) is 45.1 Å². The standard InChI is InChI=1S/C19H23NO/c1-14-8-3-4-9-16(14)15(2)19(11-7-12-19)18(21)17-10-5-6-13-20-17/h3-6,8-10,13,15,18,21H,7,11-12H2,1-2H3. The summed E-state index contributed by atoms with van der Waals surface area (Å²) in [4.78, 5) is 4.38. The normalized spacial score (nSPS) is 19.6. The second-order valence-electron chi connectivity index (χ2n) is 6.32. The summed E-state index contributed by atoms with van der Waals surface area (Å²) in [5.41, 5.74) is 3.40. The van der Waals surface area contributed by atoms with Crippen LogP contribution in [0.4, 0.5) is 0 Å². The summed E-state index contributed by atoms with van der Waals surface area (Å²) in [6, 6.07) is 14.3. The van der Waals surface area contributed by atoms with Crippen molar-refractivity contribution in [3.8, 4) is 0 Å². The first-order valence-corrected chi connectivity index (χ1v) is 7.80. The van der Waals surface area contributed by atoms with E-state index in [0.29, 0.717) is 5.92 Å². The summed E-state index contributed by atoms with van der Waals surface area (Å²) >= 11 is 0. The van der Waals surface area contributed by atoms with Crippen molar-refractivity contribution >= 4 is 0 Å². The first kappa shape index (κ1) is 14.3. The van der Waals surface area contributed by atoms with Crippen LogP contribution in [0, 0.1) is 12.3 Å². The second kappa shape index (κ2) is 5.61. The molecule has 0 aliphatic heterocycles.